The van der Waals surface area contributed by atoms with E-state index in [1.54, 1.807) is 70.5 Å². The van der Waals surface area contributed by atoms with Crippen LogP contribution in [0.25, 0.3) is 0 Å². The fourth-order valence-corrected chi connectivity index (χ4v) is 12.7. The van der Waals surface area contributed by atoms with Crippen molar-refractivity contribution in [3.8, 4) is 46.0 Å². The SMILES string of the molecule is CCC(C(=O)N1CCCC[C@H]1C(=O)OC(CCN1CCOCC1)c1cccc(OCC(=O)NCCNC(=O)COc2cccc(C(CCN3CCOCC3)OC(=O)[C@@H]3CCCCN3C(=O)C(CC)c3cc(OC)c(OC)c(OC)c3)c2)c1)c1cc(OC)c(OC)c(OC)c1. The molecule has 24 nitrogen and oxygen atoms in total. The summed E-state index contributed by atoms with van der Waals surface area (Å²) in [7, 11) is 9.16. The first-order chi connectivity index (χ1) is 45.7. The first kappa shape index (κ1) is 71.8. The topological polar surface area (TPSA) is 250 Å². The predicted molar refractivity (Wildman–Crippen MR) is 348 cm³/mol. The third kappa shape index (κ3) is 19.3. The molecule has 24 heteroatoms. The number of piperidine rings is 2. The van der Waals surface area contributed by atoms with Crippen molar-refractivity contribution in [3.63, 3.8) is 0 Å². The van der Waals surface area contributed by atoms with E-state index in [0.717, 1.165) is 51.9 Å². The third-order valence-corrected chi connectivity index (χ3v) is 17.8. The third-order valence-electron chi connectivity index (χ3n) is 17.8. The van der Waals surface area contributed by atoms with Gasteiger partial charge in [-0.2, -0.15) is 0 Å². The summed E-state index contributed by atoms with van der Waals surface area (Å²) in [5, 5.41) is 5.56. The van der Waals surface area contributed by atoms with Crippen molar-refractivity contribution in [1.82, 2.24) is 30.2 Å². The van der Waals surface area contributed by atoms with Crippen LogP contribution in [-0.4, -0.2) is 215 Å². The van der Waals surface area contributed by atoms with Gasteiger partial charge in [0.25, 0.3) is 11.8 Å². The lowest BCUT2D eigenvalue weighted by atomic mass is 9.91. The first-order valence-corrected chi connectivity index (χ1v) is 33.0. The largest absolute Gasteiger partial charge is 0.493 e. The Morgan fingerprint density at radius 1 is 0.479 bits per heavy atom. The van der Waals surface area contributed by atoms with Gasteiger partial charge in [0.05, 0.1) is 80.9 Å². The first-order valence-electron chi connectivity index (χ1n) is 33.0. The van der Waals surface area contributed by atoms with Crippen molar-refractivity contribution in [3.05, 3.63) is 95.1 Å². The van der Waals surface area contributed by atoms with Crippen LogP contribution in [0.4, 0.5) is 0 Å². The fourth-order valence-electron chi connectivity index (χ4n) is 12.7. The minimum absolute atomic E-state index is 0.107. The van der Waals surface area contributed by atoms with Crippen LogP contribution in [0.3, 0.4) is 0 Å². The monoisotopic (exact) mass is 1310 g/mol. The van der Waals surface area contributed by atoms with E-state index in [4.69, 9.17) is 56.8 Å². The molecule has 4 fully saturated rings. The van der Waals surface area contributed by atoms with Crippen LogP contribution < -0.4 is 48.5 Å². The van der Waals surface area contributed by atoms with E-state index in [1.165, 1.54) is 42.7 Å². The van der Waals surface area contributed by atoms with Crippen molar-refractivity contribution in [1.29, 1.82) is 0 Å². The lowest BCUT2D eigenvalue weighted by Gasteiger charge is -2.37. The van der Waals surface area contributed by atoms with Crippen molar-refractivity contribution < 1.29 is 85.6 Å². The van der Waals surface area contributed by atoms with Gasteiger partial charge in [0.1, 0.15) is 35.8 Å². The Kier molecular flexibility index (Phi) is 27.9. The quantitative estimate of drug-likeness (QED) is 0.0354. The second-order valence-electron chi connectivity index (χ2n) is 23.7. The second-order valence-corrected chi connectivity index (χ2v) is 23.7. The molecule has 514 valence electrons. The number of methoxy groups -OCH3 is 6. The number of nitrogens with zero attached hydrogens (tertiary/aromatic N) is 4. The van der Waals surface area contributed by atoms with E-state index in [9.17, 15) is 28.8 Å². The zero-order chi connectivity index (χ0) is 66.9. The Bertz CT molecular complexity index is 2880. The molecule has 4 aliphatic heterocycles. The van der Waals surface area contributed by atoms with Crippen LogP contribution in [0.2, 0.25) is 0 Å². The molecule has 4 heterocycles. The molecule has 2 N–H and O–H groups in total. The average Bonchev–Trinajstić information content (AvgIpc) is 0.814. The highest BCUT2D eigenvalue weighted by Crippen LogP contribution is 2.44. The van der Waals surface area contributed by atoms with Crippen LogP contribution in [0.1, 0.15) is 124 Å². The molecule has 4 aromatic rings. The van der Waals surface area contributed by atoms with Crippen LogP contribution in [0.15, 0.2) is 72.8 Å². The number of amides is 4. The summed E-state index contributed by atoms with van der Waals surface area (Å²) in [6.45, 7) is 10.9. The van der Waals surface area contributed by atoms with Gasteiger partial charge in [-0.15, -0.1) is 0 Å². The molecular weight excluding hydrogens is 1210 g/mol. The molecule has 0 saturated carbocycles. The van der Waals surface area contributed by atoms with Gasteiger partial charge >= 0.3 is 11.9 Å². The summed E-state index contributed by atoms with van der Waals surface area (Å²) < 4.78 is 69.5. The predicted octanol–water partition coefficient (Wildman–Crippen LogP) is 7.19. The summed E-state index contributed by atoms with van der Waals surface area (Å²) in [4.78, 5) is 92.1. The number of nitrogens with one attached hydrogen (secondary N) is 2. The summed E-state index contributed by atoms with van der Waals surface area (Å²) >= 11 is 0. The van der Waals surface area contributed by atoms with E-state index in [2.05, 4.69) is 20.4 Å². The van der Waals surface area contributed by atoms with E-state index < -0.39 is 59.9 Å². The maximum atomic E-state index is 14.6. The number of likely N-dealkylation sites (tertiary alicyclic amines) is 2. The number of carbonyl (C=O) groups is 6. The Balaban J connectivity index is 0.840. The number of hydrogen-bond acceptors (Lipinski definition) is 20. The summed E-state index contributed by atoms with van der Waals surface area (Å²) in [6.07, 6.45) is 4.34. The van der Waals surface area contributed by atoms with Crippen molar-refractivity contribution in [2.75, 3.05) is 148 Å². The van der Waals surface area contributed by atoms with Crippen molar-refractivity contribution >= 4 is 35.6 Å². The standard InChI is InChI=1S/C70H96N6O18/c1-9-53(49-41-59(83-3)65(87-7)60(42-49)84-4)67(79)75-27-13-11-21-55(75)69(81)93-57(23-29-73-31-35-89-36-32-73)47-17-15-19-51(39-47)91-45-63(77)71-25-26-72-64(78)46-92-52-20-16-18-48(40-52)58(24-30-74-33-37-90-38-34-74)94-70(82)56-22-12-14-28-76(56)68(80)54(10-2)50-43-61(85-5)66(88-8)62(44-50)86-6/h15-20,39-44,53-58H,9-14,21-38,45-46H2,1-8H3,(H,71,77)(H,72,78)/t53?,54?,55-,56-,57?,58?/m0/s1. The van der Waals surface area contributed by atoms with Gasteiger partial charge in [-0.25, -0.2) is 9.59 Å². The Morgan fingerprint density at radius 2 is 0.851 bits per heavy atom. The number of hydrogen-bond donors (Lipinski definition) is 2. The van der Waals surface area contributed by atoms with Gasteiger partial charge in [0, 0.05) is 78.3 Å². The Labute approximate surface area is 552 Å². The summed E-state index contributed by atoms with van der Waals surface area (Å²) in [5.74, 6) is -0.0482. The smallest absolute Gasteiger partial charge is 0.329 e. The molecule has 0 aromatic heterocycles. The van der Waals surface area contributed by atoms with Gasteiger partial charge in [0.15, 0.2) is 36.2 Å². The summed E-state index contributed by atoms with van der Waals surface area (Å²) in [6, 6.07) is 19.8. The van der Waals surface area contributed by atoms with E-state index >= 15 is 0 Å². The molecule has 0 spiro atoms. The minimum Gasteiger partial charge on any atom is -0.493 e. The lowest BCUT2D eigenvalue weighted by Crippen LogP contribution is -2.50. The van der Waals surface area contributed by atoms with Crippen LogP contribution in [-0.2, 0) is 47.7 Å². The lowest BCUT2D eigenvalue weighted by molar-refractivity contribution is -0.163. The highest BCUT2D eigenvalue weighted by molar-refractivity contribution is 5.90. The highest BCUT2D eigenvalue weighted by atomic mass is 16.6. The van der Waals surface area contributed by atoms with Crippen molar-refractivity contribution in [2.24, 2.45) is 0 Å². The molecule has 6 atom stereocenters. The Morgan fingerprint density at radius 3 is 1.19 bits per heavy atom. The molecule has 0 bridgehead atoms. The normalized spacial score (nSPS) is 18.3. The molecular formula is C70H96N6O18. The molecule has 4 aromatic carbocycles. The van der Waals surface area contributed by atoms with E-state index in [1.807, 2.05) is 26.0 Å². The number of morpholine rings is 2. The Hall–Kier alpha value is -8.06. The van der Waals surface area contributed by atoms with Crippen LogP contribution in [0, 0.1) is 0 Å². The van der Waals surface area contributed by atoms with Gasteiger partial charge in [-0.1, -0.05) is 38.1 Å². The molecule has 94 heavy (non-hydrogen) atoms. The zero-order valence-electron chi connectivity index (χ0n) is 55.9. The maximum absolute atomic E-state index is 14.6. The minimum atomic E-state index is -0.804. The maximum Gasteiger partial charge on any atom is 0.329 e. The molecule has 0 radical (unpaired) electrons. The summed E-state index contributed by atoms with van der Waals surface area (Å²) in [5.41, 5.74) is 2.72. The van der Waals surface area contributed by atoms with Gasteiger partial charge in [-0.05, 0) is 122 Å². The second kappa shape index (κ2) is 36.6. The fraction of sp³-hybridized carbons (Fsp3) is 0.571. The molecule has 8 rings (SSSR count). The van der Waals surface area contributed by atoms with E-state index in [0.29, 0.717) is 159 Å². The molecule has 0 aliphatic carbocycles. The van der Waals surface area contributed by atoms with Gasteiger partial charge in [-0.3, -0.25) is 29.0 Å². The molecule has 4 aliphatic rings. The number of ether oxygens (including phenoxy) is 12. The van der Waals surface area contributed by atoms with Crippen molar-refractivity contribution in [2.45, 2.75) is 114 Å². The zero-order valence-corrected chi connectivity index (χ0v) is 55.9. The van der Waals surface area contributed by atoms with E-state index in [-0.39, 0.29) is 38.1 Å². The van der Waals surface area contributed by atoms with Crippen LogP contribution in [0.5, 0.6) is 46.0 Å². The number of rotatable bonds is 33. The highest BCUT2D eigenvalue weighted by Gasteiger charge is 2.40. The molecule has 4 unspecified atom stereocenters. The van der Waals surface area contributed by atoms with Crippen LogP contribution >= 0.6 is 0 Å². The average molecular weight is 1310 g/mol. The number of benzene rings is 4. The van der Waals surface area contributed by atoms with Gasteiger partial charge in [0.2, 0.25) is 23.3 Å². The molecule has 4 saturated heterocycles. The number of esters is 2. The molecule has 4 amide bonds. The number of carbonyl (C=O) groups excluding carboxylic acids is 6. The van der Waals surface area contributed by atoms with Gasteiger partial charge < -0.3 is 77.3 Å².